The summed E-state index contributed by atoms with van der Waals surface area (Å²) < 4.78 is 24.3. The van der Waals surface area contributed by atoms with Gasteiger partial charge in [0.15, 0.2) is 0 Å². The molecule has 1 aliphatic heterocycles. The van der Waals surface area contributed by atoms with Gasteiger partial charge in [-0.2, -0.15) is 0 Å². The van der Waals surface area contributed by atoms with E-state index in [0.29, 0.717) is 18.4 Å². The zero-order chi connectivity index (χ0) is 25.2. The fraction of sp³-hybridized carbons (Fsp3) is 0.483. The molecule has 0 radical (unpaired) electrons. The summed E-state index contributed by atoms with van der Waals surface area (Å²) in [5.41, 5.74) is 2.48. The molecule has 7 atom stereocenters. The van der Waals surface area contributed by atoms with Gasteiger partial charge in [-0.25, -0.2) is 9.18 Å². The summed E-state index contributed by atoms with van der Waals surface area (Å²) >= 11 is 0. The van der Waals surface area contributed by atoms with Crippen molar-refractivity contribution < 1.29 is 23.5 Å². The highest BCUT2D eigenvalue weighted by Crippen LogP contribution is 2.53. The van der Waals surface area contributed by atoms with Crippen LogP contribution in [0.2, 0.25) is 0 Å². The van der Waals surface area contributed by atoms with E-state index in [-0.39, 0.29) is 47.8 Å². The van der Waals surface area contributed by atoms with Gasteiger partial charge in [-0.15, -0.1) is 0 Å². The van der Waals surface area contributed by atoms with E-state index in [4.69, 9.17) is 9.47 Å². The zero-order valence-electron chi connectivity index (χ0n) is 20.7. The van der Waals surface area contributed by atoms with Crippen LogP contribution in [0.4, 0.5) is 9.18 Å². The van der Waals surface area contributed by atoms with Gasteiger partial charge >= 0.3 is 12.1 Å². The number of nitrogens with one attached hydrogen (secondary N) is 1. The molecule has 6 nitrogen and oxygen atoms in total. The maximum Gasteiger partial charge on any atom is 0.407 e. The number of fused-ring (bicyclic) bond motifs is 2. The minimum Gasteiger partial charge on any atom is -0.462 e. The summed E-state index contributed by atoms with van der Waals surface area (Å²) in [4.78, 5) is 29.2. The molecule has 3 aliphatic rings. The summed E-state index contributed by atoms with van der Waals surface area (Å²) in [6, 6.07) is 10.4. The van der Waals surface area contributed by atoms with Gasteiger partial charge in [0, 0.05) is 23.7 Å². The van der Waals surface area contributed by atoms with Crippen molar-refractivity contribution in [1.82, 2.24) is 10.3 Å². The summed E-state index contributed by atoms with van der Waals surface area (Å²) in [5, 5.41) is 3.00. The van der Waals surface area contributed by atoms with E-state index < -0.39 is 0 Å². The summed E-state index contributed by atoms with van der Waals surface area (Å²) in [6.45, 7) is 4.15. The number of cyclic esters (lactones) is 1. The molecule has 1 N–H and O–H groups in total. The van der Waals surface area contributed by atoms with E-state index in [1.165, 1.54) is 12.1 Å². The second-order valence-electron chi connectivity index (χ2n) is 10.3. The lowest BCUT2D eigenvalue weighted by Gasteiger charge is -2.47. The topological polar surface area (TPSA) is 77.5 Å². The number of nitrogens with zero attached hydrogens (tertiary/aromatic N) is 1. The predicted octanol–water partition coefficient (Wildman–Crippen LogP) is 5.63. The molecule has 2 aliphatic carbocycles. The van der Waals surface area contributed by atoms with Crippen molar-refractivity contribution in [2.24, 2.45) is 29.6 Å². The first-order chi connectivity index (χ1) is 17.4. The Morgan fingerprint density at radius 2 is 2.08 bits per heavy atom. The van der Waals surface area contributed by atoms with E-state index in [2.05, 4.69) is 16.4 Å². The molecule has 0 spiro atoms. The van der Waals surface area contributed by atoms with Crippen molar-refractivity contribution in [3.63, 3.8) is 0 Å². The smallest absolute Gasteiger partial charge is 0.407 e. The molecule has 7 heteroatoms. The molecule has 1 aromatic carbocycles. The molecule has 3 fully saturated rings. The number of alkyl carbamates (subject to hydrolysis) is 1. The van der Waals surface area contributed by atoms with E-state index in [1.54, 1.807) is 19.2 Å². The van der Waals surface area contributed by atoms with Gasteiger partial charge in [0.1, 0.15) is 11.9 Å². The number of hydrogen-bond acceptors (Lipinski definition) is 5. The van der Waals surface area contributed by atoms with E-state index >= 15 is 0 Å². The van der Waals surface area contributed by atoms with E-state index in [9.17, 15) is 14.0 Å². The number of aromatic nitrogens is 1. The molecule has 36 heavy (non-hydrogen) atoms. The van der Waals surface area contributed by atoms with Crippen LogP contribution in [0.25, 0.3) is 17.2 Å². The third kappa shape index (κ3) is 5.01. The molecule has 2 aromatic rings. The van der Waals surface area contributed by atoms with Crippen LogP contribution < -0.4 is 5.32 Å². The van der Waals surface area contributed by atoms with Crippen LogP contribution in [0.1, 0.15) is 45.2 Å². The quantitative estimate of drug-likeness (QED) is 0.548. The highest BCUT2D eigenvalue weighted by Gasteiger charge is 2.54. The number of amides is 1. The number of benzene rings is 1. The number of carbonyl (C=O) groups excluding carboxylic acids is 2. The van der Waals surface area contributed by atoms with Gasteiger partial charge in [0.2, 0.25) is 0 Å². The molecule has 0 unspecified atom stereocenters. The minimum atomic E-state index is -0.368. The molecule has 1 aromatic heterocycles. The Labute approximate surface area is 211 Å². The Kier molecular flexibility index (Phi) is 7.08. The Morgan fingerprint density at radius 3 is 2.83 bits per heavy atom. The third-order valence-electron chi connectivity index (χ3n) is 8.18. The monoisotopic (exact) mass is 492 g/mol. The number of halogens is 1. The number of rotatable bonds is 5. The van der Waals surface area contributed by atoms with Crippen LogP contribution in [-0.4, -0.2) is 35.8 Å². The number of carbonyl (C=O) groups is 2. The van der Waals surface area contributed by atoms with Crippen molar-refractivity contribution in [1.29, 1.82) is 0 Å². The van der Waals surface area contributed by atoms with Gasteiger partial charge in [-0.05, 0) is 87.1 Å². The zero-order valence-corrected chi connectivity index (χ0v) is 20.7. The van der Waals surface area contributed by atoms with Gasteiger partial charge in [-0.1, -0.05) is 24.3 Å². The van der Waals surface area contributed by atoms with E-state index in [0.717, 1.165) is 42.5 Å². The van der Waals surface area contributed by atoms with Crippen LogP contribution in [0.3, 0.4) is 0 Å². The molecule has 0 bridgehead atoms. The summed E-state index contributed by atoms with van der Waals surface area (Å²) in [7, 11) is 0. The SMILES string of the molecule is CCOC(=O)N[C@@H]1CC[C@H]2[C@@H](C1)C[C@H]1C(=O)O[C@H](C)[C@H]1[C@H]2C=Cc1ccc(-c2cccc(F)c2)cn1. The van der Waals surface area contributed by atoms with Crippen molar-refractivity contribution in [3.8, 4) is 11.1 Å². The van der Waals surface area contributed by atoms with Crippen molar-refractivity contribution >= 4 is 18.1 Å². The molecule has 1 saturated heterocycles. The number of ether oxygens (including phenoxy) is 2. The molecule has 2 heterocycles. The molecular weight excluding hydrogens is 459 g/mol. The lowest BCUT2D eigenvalue weighted by atomic mass is 9.57. The second-order valence-corrected chi connectivity index (χ2v) is 10.3. The predicted molar refractivity (Wildman–Crippen MR) is 134 cm³/mol. The maximum absolute atomic E-state index is 13.6. The fourth-order valence-corrected chi connectivity index (χ4v) is 6.64. The van der Waals surface area contributed by atoms with Crippen LogP contribution in [-0.2, 0) is 14.3 Å². The van der Waals surface area contributed by atoms with E-state index in [1.807, 2.05) is 31.2 Å². The number of esters is 1. The Balaban J connectivity index is 1.34. The molecule has 1 amide bonds. The van der Waals surface area contributed by atoms with Gasteiger partial charge in [-0.3, -0.25) is 9.78 Å². The van der Waals surface area contributed by atoms with Crippen LogP contribution in [0.15, 0.2) is 48.7 Å². The second kappa shape index (κ2) is 10.4. The molecule has 5 rings (SSSR count). The largest absolute Gasteiger partial charge is 0.462 e. The number of allylic oxidation sites excluding steroid dienone is 1. The highest BCUT2D eigenvalue weighted by atomic mass is 19.1. The van der Waals surface area contributed by atoms with Gasteiger partial charge in [0.25, 0.3) is 0 Å². The van der Waals surface area contributed by atoms with Crippen molar-refractivity contribution in [2.75, 3.05) is 6.61 Å². The van der Waals surface area contributed by atoms with Crippen LogP contribution in [0, 0.1) is 35.4 Å². The summed E-state index contributed by atoms with van der Waals surface area (Å²) in [6.07, 6.45) is 9.07. The van der Waals surface area contributed by atoms with Crippen LogP contribution >= 0.6 is 0 Å². The highest BCUT2D eigenvalue weighted by molar-refractivity contribution is 5.75. The standard InChI is InChI=1S/C29H33FN2O4/c1-3-35-29(34)32-23-10-11-24-20(14-23)15-26-27(17(2)36-28(26)33)25(24)12-9-22-8-7-19(16-31-22)18-5-4-6-21(30)13-18/h4-9,12-13,16-17,20,23-27H,3,10-11,14-15H2,1-2H3,(H,32,34)/t17-,20+,23-,24+,25+,26-,27+/m1/s1. The molecule has 190 valence electrons. The van der Waals surface area contributed by atoms with Crippen LogP contribution in [0.5, 0.6) is 0 Å². The minimum absolute atomic E-state index is 0.0679. The van der Waals surface area contributed by atoms with Gasteiger partial charge < -0.3 is 14.8 Å². The van der Waals surface area contributed by atoms with Crippen molar-refractivity contribution in [3.05, 3.63) is 60.2 Å². The average molecular weight is 493 g/mol. The Bertz CT molecular complexity index is 1130. The average Bonchev–Trinajstić information content (AvgIpc) is 3.15. The molecular formula is C29H33FN2O4. The first-order valence-electron chi connectivity index (χ1n) is 13.0. The first kappa shape index (κ1) is 24.5. The third-order valence-corrected chi connectivity index (χ3v) is 8.18. The lowest BCUT2D eigenvalue weighted by Crippen LogP contribution is -2.48. The number of pyridine rings is 1. The fourth-order valence-electron chi connectivity index (χ4n) is 6.64. The normalized spacial score (nSPS) is 31.4. The summed E-state index contributed by atoms with van der Waals surface area (Å²) in [5.74, 6) is 0.629. The molecule has 2 saturated carbocycles. The Hall–Kier alpha value is -3.22. The first-order valence-corrected chi connectivity index (χ1v) is 13.0. The van der Waals surface area contributed by atoms with Crippen molar-refractivity contribution in [2.45, 2.75) is 51.7 Å². The van der Waals surface area contributed by atoms with Gasteiger partial charge in [0.05, 0.1) is 18.2 Å². The number of hydrogen-bond donors (Lipinski definition) is 1. The maximum atomic E-state index is 13.6. The Morgan fingerprint density at radius 1 is 1.22 bits per heavy atom. The lowest BCUT2D eigenvalue weighted by molar-refractivity contribution is -0.144.